The molecule has 6 heteroatoms. The number of phenolic OH excluding ortho intramolecular Hbond substituents is 1. The number of methoxy groups -OCH3 is 1. The fourth-order valence-corrected chi connectivity index (χ4v) is 2.49. The van der Waals surface area contributed by atoms with Crippen molar-refractivity contribution in [2.45, 2.75) is 0 Å². The third-order valence-electron chi connectivity index (χ3n) is 3.59. The largest absolute Gasteiger partial charge is 0.508 e. The molecule has 0 aliphatic rings. The van der Waals surface area contributed by atoms with Crippen LogP contribution in [0.1, 0.15) is 10.4 Å². The average Bonchev–Trinajstić information content (AvgIpc) is 2.66. The Morgan fingerprint density at radius 1 is 0.962 bits per heavy atom. The maximum Gasteiger partial charge on any atom is 0.255 e. The molecule has 3 aromatic carbocycles. The topological polar surface area (TPSA) is 67.8 Å². The van der Waals surface area contributed by atoms with Gasteiger partial charge in [-0.3, -0.25) is 4.79 Å². The van der Waals surface area contributed by atoms with E-state index >= 15 is 0 Å². The van der Waals surface area contributed by atoms with Gasteiger partial charge >= 0.3 is 0 Å². The van der Waals surface area contributed by atoms with Crippen LogP contribution in [0.5, 0.6) is 23.0 Å². The van der Waals surface area contributed by atoms with E-state index in [9.17, 15) is 9.90 Å². The monoisotopic (exact) mass is 369 g/mol. The summed E-state index contributed by atoms with van der Waals surface area (Å²) in [5.41, 5.74) is 0.933. The highest BCUT2D eigenvalue weighted by molar-refractivity contribution is 6.34. The van der Waals surface area contributed by atoms with Gasteiger partial charge in [0.1, 0.15) is 23.0 Å². The summed E-state index contributed by atoms with van der Waals surface area (Å²) in [6.45, 7) is 0. The number of carbonyl (C=O) groups is 1. The molecule has 0 aromatic heterocycles. The van der Waals surface area contributed by atoms with Crippen molar-refractivity contribution in [3.63, 3.8) is 0 Å². The second kappa shape index (κ2) is 7.80. The normalized spacial score (nSPS) is 10.2. The number of anilines is 1. The number of aromatic hydroxyl groups is 1. The van der Waals surface area contributed by atoms with E-state index in [-0.39, 0.29) is 11.7 Å². The van der Waals surface area contributed by atoms with E-state index in [2.05, 4.69) is 5.32 Å². The highest BCUT2D eigenvalue weighted by Gasteiger charge is 2.10. The minimum atomic E-state index is -0.294. The standard InChI is InChI=1S/C20H16ClNO4/c1-25-16-4-2-3-13(11-16)20(24)22-19-10-9-17(12-18(19)21)26-15-7-5-14(23)6-8-15/h2-12,23H,1H3,(H,22,24). The lowest BCUT2D eigenvalue weighted by atomic mass is 10.2. The first-order chi connectivity index (χ1) is 12.5. The molecule has 0 spiro atoms. The number of amides is 1. The van der Waals surface area contributed by atoms with Crippen LogP contribution in [-0.2, 0) is 0 Å². The predicted octanol–water partition coefficient (Wildman–Crippen LogP) is 5.10. The highest BCUT2D eigenvalue weighted by atomic mass is 35.5. The van der Waals surface area contributed by atoms with Crippen molar-refractivity contribution in [1.29, 1.82) is 0 Å². The second-order valence-electron chi connectivity index (χ2n) is 5.42. The fraction of sp³-hybridized carbons (Fsp3) is 0.0500. The second-order valence-corrected chi connectivity index (χ2v) is 5.83. The lowest BCUT2D eigenvalue weighted by molar-refractivity contribution is 0.102. The molecule has 132 valence electrons. The lowest BCUT2D eigenvalue weighted by Gasteiger charge is -2.11. The molecule has 0 aliphatic carbocycles. The van der Waals surface area contributed by atoms with Gasteiger partial charge in [-0.05, 0) is 54.6 Å². The van der Waals surface area contributed by atoms with Gasteiger partial charge in [-0.1, -0.05) is 17.7 Å². The van der Waals surface area contributed by atoms with Crippen molar-refractivity contribution < 1.29 is 19.4 Å². The quantitative estimate of drug-likeness (QED) is 0.656. The Labute approximate surface area is 155 Å². The highest BCUT2D eigenvalue weighted by Crippen LogP contribution is 2.30. The van der Waals surface area contributed by atoms with Gasteiger partial charge in [0.25, 0.3) is 5.91 Å². The molecule has 0 bridgehead atoms. The minimum Gasteiger partial charge on any atom is -0.508 e. The summed E-state index contributed by atoms with van der Waals surface area (Å²) < 4.78 is 10.8. The summed E-state index contributed by atoms with van der Waals surface area (Å²) in [5.74, 6) is 1.54. The number of nitrogens with one attached hydrogen (secondary N) is 1. The van der Waals surface area contributed by atoms with Crippen molar-refractivity contribution in [3.05, 3.63) is 77.3 Å². The summed E-state index contributed by atoms with van der Waals surface area (Å²) in [7, 11) is 1.54. The number of ether oxygens (including phenoxy) is 2. The van der Waals surface area contributed by atoms with Crippen molar-refractivity contribution in [1.82, 2.24) is 0 Å². The van der Waals surface area contributed by atoms with Crippen molar-refractivity contribution in [2.75, 3.05) is 12.4 Å². The first-order valence-corrected chi connectivity index (χ1v) is 8.15. The molecule has 0 unspecified atom stereocenters. The van der Waals surface area contributed by atoms with E-state index in [1.807, 2.05) is 0 Å². The molecular formula is C20H16ClNO4. The Hall–Kier alpha value is -3.18. The Morgan fingerprint density at radius 3 is 2.38 bits per heavy atom. The molecule has 26 heavy (non-hydrogen) atoms. The molecule has 3 rings (SSSR count). The van der Waals surface area contributed by atoms with Crippen LogP contribution in [0, 0.1) is 0 Å². The van der Waals surface area contributed by atoms with Crippen LogP contribution in [0.2, 0.25) is 5.02 Å². The van der Waals surface area contributed by atoms with Gasteiger partial charge in [-0.25, -0.2) is 0 Å². The van der Waals surface area contributed by atoms with Crippen LogP contribution in [0.15, 0.2) is 66.7 Å². The van der Waals surface area contributed by atoms with Gasteiger partial charge in [-0.15, -0.1) is 0 Å². The molecule has 0 heterocycles. The summed E-state index contributed by atoms with van der Waals surface area (Å²) in [5, 5.41) is 12.4. The summed E-state index contributed by atoms with van der Waals surface area (Å²) >= 11 is 6.25. The van der Waals surface area contributed by atoms with E-state index in [0.717, 1.165) is 0 Å². The van der Waals surface area contributed by atoms with Gasteiger partial charge in [-0.2, -0.15) is 0 Å². The molecule has 0 fully saturated rings. The molecular weight excluding hydrogens is 354 g/mol. The van der Waals surface area contributed by atoms with Crippen molar-refractivity contribution in [2.24, 2.45) is 0 Å². The molecule has 1 amide bonds. The molecule has 0 radical (unpaired) electrons. The summed E-state index contributed by atoms with van der Waals surface area (Å²) in [6, 6.07) is 18.1. The summed E-state index contributed by atoms with van der Waals surface area (Å²) in [6.07, 6.45) is 0. The molecule has 0 atom stereocenters. The average molecular weight is 370 g/mol. The van der Waals surface area contributed by atoms with Crippen LogP contribution >= 0.6 is 11.6 Å². The first-order valence-electron chi connectivity index (χ1n) is 7.77. The zero-order valence-electron chi connectivity index (χ0n) is 13.9. The van der Waals surface area contributed by atoms with Crippen LogP contribution in [0.4, 0.5) is 5.69 Å². The van der Waals surface area contributed by atoms with Gasteiger partial charge in [0, 0.05) is 11.6 Å². The number of hydrogen-bond acceptors (Lipinski definition) is 4. The van der Waals surface area contributed by atoms with Gasteiger partial charge in [0.2, 0.25) is 0 Å². The van der Waals surface area contributed by atoms with Crippen LogP contribution < -0.4 is 14.8 Å². The number of halogens is 1. The Bertz CT molecular complexity index is 925. The third-order valence-corrected chi connectivity index (χ3v) is 3.91. The predicted molar refractivity (Wildman–Crippen MR) is 101 cm³/mol. The summed E-state index contributed by atoms with van der Waals surface area (Å²) in [4.78, 5) is 12.4. The smallest absolute Gasteiger partial charge is 0.255 e. The van der Waals surface area contributed by atoms with Gasteiger partial charge in [0.05, 0.1) is 17.8 Å². The maximum atomic E-state index is 12.4. The van der Waals surface area contributed by atoms with Crippen molar-refractivity contribution >= 4 is 23.2 Å². The Morgan fingerprint density at radius 2 is 1.69 bits per heavy atom. The molecule has 5 nitrogen and oxygen atoms in total. The van der Waals surface area contributed by atoms with Gasteiger partial charge in [0.15, 0.2) is 0 Å². The SMILES string of the molecule is COc1cccc(C(=O)Nc2ccc(Oc3ccc(O)cc3)cc2Cl)c1. The minimum absolute atomic E-state index is 0.158. The van der Waals surface area contributed by atoms with Gasteiger partial charge < -0.3 is 19.9 Å². The zero-order valence-corrected chi connectivity index (χ0v) is 14.7. The van der Waals surface area contributed by atoms with Crippen LogP contribution in [-0.4, -0.2) is 18.1 Å². The van der Waals surface area contributed by atoms with E-state index in [0.29, 0.717) is 33.5 Å². The number of rotatable bonds is 5. The Balaban J connectivity index is 1.72. The van der Waals surface area contributed by atoms with E-state index in [1.54, 1.807) is 61.7 Å². The number of hydrogen-bond donors (Lipinski definition) is 2. The lowest BCUT2D eigenvalue weighted by Crippen LogP contribution is -2.12. The van der Waals surface area contributed by atoms with Crippen molar-refractivity contribution in [3.8, 4) is 23.0 Å². The number of benzene rings is 3. The molecule has 3 aromatic rings. The molecule has 0 saturated carbocycles. The maximum absolute atomic E-state index is 12.4. The fourth-order valence-electron chi connectivity index (χ4n) is 2.27. The van der Waals surface area contributed by atoms with Crippen LogP contribution in [0.3, 0.4) is 0 Å². The van der Waals surface area contributed by atoms with Crippen LogP contribution in [0.25, 0.3) is 0 Å². The molecule has 2 N–H and O–H groups in total. The number of carbonyl (C=O) groups excluding carboxylic acids is 1. The molecule has 0 saturated heterocycles. The van der Waals surface area contributed by atoms with E-state index < -0.39 is 0 Å². The first kappa shape index (κ1) is 17.6. The van der Waals surface area contributed by atoms with E-state index in [1.165, 1.54) is 12.1 Å². The zero-order chi connectivity index (χ0) is 18.5. The Kier molecular flexibility index (Phi) is 5.29. The van der Waals surface area contributed by atoms with E-state index in [4.69, 9.17) is 21.1 Å². The third kappa shape index (κ3) is 4.26. The molecule has 0 aliphatic heterocycles. The number of phenols is 1.